The molecule has 0 radical (unpaired) electrons. The van der Waals surface area contributed by atoms with Gasteiger partial charge in [-0.1, -0.05) is 5.57 Å². The van der Waals surface area contributed by atoms with Crippen LogP contribution in [-0.4, -0.2) is 11.8 Å². The summed E-state index contributed by atoms with van der Waals surface area (Å²) in [6.07, 6.45) is 3.02. The van der Waals surface area contributed by atoms with E-state index in [4.69, 9.17) is 11.1 Å². The van der Waals surface area contributed by atoms with E-state index in [-0.39, 0.29) is 0 Å². The highest BCUT2D eigenvalue weighted by Gasteiger charge is 2.15. The molecule has 0 bridgehead atoms. The molecular formula is C9H16N2. The van der Waals surface area contributed by atoms with E-state index < -0.39 is 0 Å². The Labute approximate surface area is 68.0 Å². The summed E-state index contributed by atoms with van der Waals surface area (Å²) in [4.78, 5) is 0. The van der Waals surface area contributed by atoms with E-state index in [0.717, 1.165) is 25.0 Å². The van der Waals surface area contributed by atoms with Gasteiger partial charge in [0.05, 0.1) is 0 Å². The summed E-state index contributed by atoms with van der Waals surface area (Å²) in [5.41, 5.74) is 9.04. The summed E-state index contributed by atoms with van der Waals surface area (Å²) in [6, 6.07) is 0.332. The number of nitrogens with two attached hydrogens (primary N) is 1. The normalized spacial score (nSPS) is 25.5. The van der Waals surface area contributed by atoms with Gasteiger partial charge in [-0.15, -0.1) is 0 Å². The minimum absolute atomic E-state index is 0.332. The van der Waals surface area contributed by atoms with Crippen molar-refractivity contribution in [3.05, 3.63) is 11.1 Å². The van der Waals surface area contributed by atoms with Gasteiger partial charge in [-0.25, -0.2) is 0 Å². The minimum Gasteiger partial charge on any atom is -0.327 e. The molecule has 1 aliphatic rings. The lowest BCUT2D eigenvalue weighted by atomic mass is 9.87. The van der Waals surface area contributed by atoms with Crippen LogP contribution in [0.5, 0.6) is 0 Å². The van der Waals surface area contributed by atoms with Crippen LogP contribution in [0.3, 0.4) is 0 Å². The van der Waals surface area contributed by atoms with Gasteiger partial charge in [-0.2, -0.15) is 0 Å². The Hall–Kier alpha value is -0.630. The van der Waals surface area contributed by atoms with Crippen molar-refractivity contribution < 1.29 is 0 Å². The van der Waals surface area contributed by atoms with Crippen molar-refractivity contribution in [3.63, 3.8) is 0 Å². The topological polar surface area (TPSA) is 49.9 Å². The minimum atomic E-state index is 0.332. The average molecular weight is 152 g/mol. The fourth-order valence-electron chi connectivity index (χ4n) is 1.67. The largest absolute Gasteiger partial charge is 0.327 e. The van der Waals surface area contributed by atoms with Crippen molar-refractivity contribution in [2.45, 2.75) is 39.2 Å². The molecule has 0 aromatic rings. The van der Waals surface area contributed by atoms with Crippen molar-refractivity contribution in [2.24, 2.45) is 5.73 Å². The Morgan fingerprint density at radius 1 is 1.64 bits per heavy atom. The van der Waals surface area contributed by atoms with Gasteiger partial charge in [0.15, 0.2) is 0 Å². The molecule has 1 aliphatic carbocycles. The molecule has 0 aliphatic heterocycles. The van der Waals surface area contributed by atoms with Crippen LogP contribution in [0.25, 0.3) is 0 Å². The quantitative estimate of drug-likeness (QED) is 0.553. The highest BCUT2D eigenvalue weighted by molar-refractivity contribution is 5.96. The van der Waals surface area contributed by atoms with E-state index >= 15 is 0 Å². The molecule has 3 N–H and O–H groups in total. The van der Waals surface area contributed by atoms with Crippen LogP contribution in [0.2, 0.25) is 0 Å². The SMILES string of the molecule is CC(=N)C1=C(C)CC(N)CC1. The predicted octanol–water partition coefficient (Wildman–Crippen LogP) is 1.85. The van der Waals surface area contributed by atoms with Crippen molar-refractivity contribution in [2.75, 3.05) is 0 Å². The summed E-state index contributed by atoms with van der Waals surface area (Å²) in [5.74, 6) is 0. The van der Waals surface area contributed by atoms with Crippen molar-refractivity contribution in [1.82, 2.24) is 0 Å². The lowest BCUT2D eigenvalue weighted by Crippen LogP contribution is -2.25. The number of nitrogens with one attached hydrogen (secondary N) is 1. The summed E-state index contributed by atoms with van der Waals surface area (Å²) in [5, 5.41) is 7.49. The van der Waals surface area contributed by atoms with E-state index in [9.17, 15) is 0 Å². The molecule has 0 fully saturated rings. The van der Waals surface area contributed by atoms with Crippen LogP contribution in [0.15, 0.2) is 11.1 Å². The summed E-state index contributed by atoms with van der Waals surface area (Å²) in [7, 11) is 0. The van der Waals surface area contributed by atoms with Gasteiger partial charge in [0.25, 0.3) is 0 Å². The Balaban J connectivity index is 2.78. The molecule has 2 nitrogen and oxygen atoms in total. The van der Waals surface area contributed by atoms with Crippen LogP contribution >= 0.6 is 0 Å². The second-order valence-electron chi connectivity index (χ2n) is 3.39. The van der Waals surface area contributed by atoms with E-state index in [2.05, 4.69) is 6.92 Å². The lowest BCUT2D eigenvalue weighted by molar-refractivity contribution is 0.578. The fourth-order valence-corrected chi connectivity index (χ4v) is 1.67. The highest BCUT2D eigenvalue weighted by Crippen LogP contribution is 2.23. The second kappa shape index (κ2) is 3.18. The molecule has 0 spiro atoms. The standard InChI is InChI=1S/C9H16N2/c1-6-5-8(11)3-4-9(6)7(2)10/h8,10H,3-5,11H2,1-2H3. The van der Waals surface area contributed by atoms with Crippen LogP contribution in [0.1, 0.15) is 33.1 Å². The number of hydrogen-bond acceptors (Lipinski definition) is 2. The third-order valence-corrected chi connectivity index (χ3v) is 2.30. The van der Waals surface area contributed by atoms with E-state index in [1.54, 1.807) is 0 Å². The first-order valence-electron chi connectivity index (χ1n) is 4.11. The highest BCUT2D eigenvalue weighted by atomic mass is 14.6. The van der Waals surface area contributed by atoms with Crippen LogP contribution in [0.4, 0.5) is 0 Å². The summed E-state index contributed by atoms with van der Waals surface area (Å²) >= 11 is 0. The molecule has 2 heteroatoms. The Morgan fingerprint density at radius 3 is 2.73 bits per heavy atom. The van der Waals surface area contributed by atoms with Gasteiger partial charge in [0, 0.05) is 11.8 Å². The lowest BCUT2D eigenvalue weighted by Gasteiger charge is -2.22. The molecule has 1 rings (SSSR count). The predicted molar refractivity (Wildman–Crippen MR) is 47.9 cm³/mol. The number of hydrogen-bond donors (Lipinski definition) is 2. The average Bonchev–Trinajstić information content (AvgIpc) is 1.85. The zero-order chi connectivity index (χ0) is 8.43. The molecule has 0 aromatic heterocycles. The number of allylic oxidation sites excluding steroid dienone is 1. The third-order valence-electron chi connectivity index (χ3n) is 2.30. The molecule has 1 unspecified atom stereocenters. The monoisotopic (exact) mass is 152 g/mol. The molecule has 0 amide bonds. The summed E-state index contributed by atoms with van der Waals surface area (Å²) < 4.78 is 0. The van der Waals surface area contributed by atoms with Crippen molar-refractivity contribution >= 4 is 5.71 Å². The van der Waals surface area contributed by atoms with Crippen LogP contribution in [0, 0.1) is 5.41 Å². The third kappa shape index (κ3) is 1.90. The Kier molecular flexibility index (Phi) is 2.45. The molecule has 0 heterocycles. The molecule has 0 aromatic carbocycles. The molecular weight excluding hydrogens is 136 g/mol. The first kappa shape index (κ1) is 8.47. The maximum atomic E-state index is 7.49. The Bertz CT molecular complexity index is 204. The smallest absolute Gasteiger partial charge is 0.0314 e. The fraction of sp³-hybridized carbons (Fsp3) is 0.667. The zero-order valence-corrected chi connectivity index (χ0v) is 7.28. The van der Waals surface area contributed by atoms with Crippen LogP contribution in [-0.2, 0) is 0 Å². The maximum absolute atomic E-state index is 7.49. The Morgan fingerprint density at radius 2 is 2.27 bits per heavy atom. The second-order valence-corrected chi connectivity index (χ2v) is 3.39. The van der Waals surface area contributed by atoms with Gasteiger partial charge in [-0.05, 0) is 38.7 Å². The summed E-state index contributed by atoms with van der Waals surface area (Å²) in [6.45, 7) is 3.95. The first-order chi connectivity index (χ1) is 5.11. The maximum Gasteiger partial charge on any atom is 0.0314 e. The first-order valence-corrected chi connectivity index (χ1v) is 4.11. The number of rotatable bonds is 1. The van der Waals surface area contributed by atoms with Gasteiger partial charge in [0.2, 0.25) is 0 Å². The van der Waals surface area contributed by atoms with E-state index in [0.29, 0.717) is 6.04 Å². The molecule has 1 atom stereocenters. The van der Waals surface area contributed by atoms with Crippen molar-refractivity contribution in [3.8, 4) is 0 Å². The molecule has 11 heavy (non-hydrogen) atoms. The van der Waals surface area contributed by atoms with Gasteiger partial charge in [-0.3, -0.25) is 0 Å². The van der Waals surface area contributed by atoms with Gasteiger partial charge < -0.3 is 11.1 Å². The van der Waals surface area contributed by atoms with Crippen LogP contribution < -0.4 is 5.73 Å². The molecule has 62 valence electrons. The van der Waals surface area contributed by atoms with E-state index in [1.807, 2.05) is 6.92 Å². The molecule has 0 saturated heterocycles. The zero-order valence-electron chi connectivity index (χ0n) is 7.28. The van der Waals surface area contributed by atoms with Gasteiger partial charge in [0.1, 0.15) is 0 Å². The van der Waals surface area contributed by atoms with E-state index in [1.165, 1.54) is 11.1 Å². The molecule has 0 saturated carbocycles. The van der Waals surface area contributed by atoms with Gasteiger partial charge >= 0.3 is 0 Å². The van der Waals surface area contributed by atoms with Crippen molar-refractivity contribution in [1.29, 1.82) is 5.41 Å².